The topological polar surface area (TPSA) is 72.8 Å². The Morgan fingerprint density at radius 1 is 1.21 bits per heavy atom. The van der Waals surface area contributed by atoms with Crippen molar-refractivity contribution >= 4 is 23.3 Å². The van der Waals surface area contributed by atoms with E-state index in [1.807, 2.05) is 12.3 Å². The molecule has 0 aliphatic heterocycles. The maximum absolute atomic E-state index is 13.8. The lowest BCUT2D eigenvalue weighted by Gasteiger charge is -2.61. The standard InChI is InChI=1S/C28H44O5S/c1-5-6-7-14-32-17-24(31)28(33-18-34-4)13-11-22-21-9-8-19-15-20(29)10-12-26(19,2)25(21)23(30)16-27(22,28)3/h15,21-23,25,30H,5-14,16-18H2,1-4H3/t21-,22-,23?,25+,26-,27-,28-/m0/s1. The molecule has 5 nitrogen and oxygen atoms in total. The molecule has 0 amide bonds. The first kappa shape index (κ1) is 26.4. The van der Waals surface area contributed by atoms with Crippen LogP contribution in [-0.2, 0) is 19.1 Å². The SMILES string of the molecule is CCCCCOCC(=O)[C@@]1(OCSC)CC[C@H]2[C@@H]3CCC4=CC(=O)CC[C@]4(C)[C@H]3C(O)C[C@@]21C. The Bertz CT molecular complexity index is 811. The van der Waals surface area contributed by atoms with E-state index in [9.17, 15) is 14.7 Å². The molecule has 7 atom stereocenters. The van der Waals surface area contributed by atoms with Crippen LogP contribution in [0, 0.1) is 28.6 Å². The Morgan fingerprint density at radius 2 is 2.00 bits per heavy atom. The largest absolute Gasteiger partial charge is 0.393 e. The van der Waals surface area contributed by atoms with Crippen LogP contribution in [0.3, 0.4) is 0 Å². The van der Waals surface area contributed by atoms with Crippen molar-refractivity contribution in [2.24, 2.45) is 28.6 Å². The highest BCUT2D eigenvalue weighted by atomic mass is 32.2. The number of allylic oxidation sites excluding steroid dienone is 1. The van der Waals surface area contributed by atoms with Gasteiger partial charge in [-0.2, -0.15) is 0 Å². The number of fused-ring (bicyclic) bond motifs is 5. The molecule has 4 rings (SSSR count). The smallest absolute Gasteiger partial charge is 0.190 e. The summed E-state index contributed by atoms with van der Waals surface area (Å²) in [5, 5.41) is 11.7. The molecule has 3 saturated carbocycles. The number of Topliss-reactive ketones (excluding diaryl/α,β-unsaturated/α-hetero) is 1. The van der Waals surface area contributed by atoms with Crippen LogP contribution in [0.5, 0.6) is 0 Å². The van der Waals surface area contributed by atoms with Crippen LogP contribution in [0.25, 0.3) is 0 Å². The van der Waals surface area contributed by atoms with E-state index in [4.69, 9.17) is 9.47 Å². The first-order valence-electron chi connectivity index (χ1n) is 13.4. The molecule has 0 aromatic rings. The number of aliphatic hydroxyl groups excluding tert-OH is 1. The molecule has 1 N–H and O–H groups in total. The predicted molar refractivity (Wildman–Crippen MR) is 136 cm³/mol. The zero-order chi connectivity index (χ0) is 24.6. The van der Waals surface area contributed by atoms with Gasteiger partial charge in [0.1, 0.15) is 12.2 Å². The fourth-order valence-electron chi connectivity index (χ4n) is 8.35. The number of rotatable bonds is 10. The molecule has 0 aromatic heterocycles. The van der Waals surface area contributed by atoms with Gasteiger partial charge in [-0.25, -0.2) is 0 Å². The molecule has 192 valence electrons. The molecule has 3 fully saturated rings. The van der Waals surface area contributed by atoms with Gasteiger partial charge in [0.15, 0.2) is 11.6 Å². The van der Waals surface area contributed by atoms with Crippen LogP contribution >= 0.6 is 11.8 Å². The van der Waals surface area contributed by atoms with Gasteiger partial charge < -0.3 is 14.6 Å². The molecule has 4 aliphatic carbocycles. The average molecular weight is 493 g/mol. The minimum Gasteiger partial charge on any atom is -0.393 e. The minimum atomic E-state index is -0.892. The number of carbonyl (C=O) groups excluding carboxylic acids is 2. The molecular weight excluding hydrogens is 448 g/mol. The van der Waals surface area contributed by atoms with Gasteiger partial charge in [-0.1, -0.05) is 39.2 Å². The van der Waals surface area contributed by atoms with Gasteiger partial charge in [0.05, 0.1) is 12.0 Å². The van der Waals surface area contributed by atoms with Gasteiger partial charge in [0.2, 0.25) is 0 Å². The van der Waals surface area contributed by atoms with E-state index in [1.165, 1.54) is 5.57 Å². The summed E-state index contributed by atoms with van der Waals surface area (Å²) in [4.78, 5) is 25.9. The highest BCUT2D eigenvalue weighted by Gasteiger charge is 2.69. The average Bonchev–Trinajstić information content (AvgIpc) is 3.10. The second-order valence-electron chi connectivity index (χ2n) is 11.7. The zero-order valence-electron chi connectivity index (χ0n) is 21.6. The third-order valence-electron chi connectivity index (χ3n) is 10.0. The molecule has 0 aromatic carbocycles. The Morgan fingerprint density at radius 3 is 2.74 bits per heavy atom. The normalized spacial score (nSPS) is 41.4. The summed E-state index contributed by atoms with van der Waals surface area (Å²) in [6.07, 6.45) is 12.1. The summed E-state index contributed by atoms with van der Waals surface area (Å²) < 4.78 is 12.3. The van der Waals surface area contributed by atoms with Crippen molar-refractivity contribution in [1.82, 2.24) is 0 Å². The van der Waals surface area contributed by atoms with Crippen molar-refractivity contribution in [3.63, 3.8) is 0 Å². The third kappa shape index (κ3) is 4.25. The van der Waals surface area contributed by atoms with Crippen molar-refractivity contribution < 1.29 is 24.2 Å². The summed E-state index contributed by atoms with van der Waals surface area (Å²) in [6.45, 7) is 7.34. The molecule has 0 radical (unpaired) electrons. The first-order valence-corrected chi connectivity index (χ1v) is 14.8. The number of ether oxygens (including phenoxy) is 2. The molecular formula is C28H44O5S. The lowest BCUT2D eigenvalue weighted by atomic mass is 9.45. The summed E-state index contributed by atoms with van der Waals surface area (Å²) in [5.41, 5.74) is -0.172. The van der Waals surface area contributed by atoms with E-state index in [0.717, 1.165) is 44.9 Å². The summed E-state index contributed by atoms with van der Waals surface area (Å²) >= 11 is 1.60. The Kier molecular flexibility index (Phi) is 8.03. The number of ketones is 2. The van der Waals surface area contributed by atoms with Gasteiger partial charge in [0, 0.05) is 18.4 Å². The van der Waals surface area contributed by atoms with Gasteiger partial charge in [-0.3, -0.25) is 9.59 Å². The van der Waals surface area contributed by atoms with Crippen LogP contribution in [0.2, 0.25) is 0 Å². The molecule has 0 heterocycles. The monoisotopic (exact) mass is 492 g/mol. The number of unbranched alkanes of at least 4 members (excludes halogenated alkanes) is 2. The van der Waals surface area contributed by atoms with Crippen LogP contribution in [0.1, 0.15) is 85.0 Å². The van der Waals surface area contributed by atoms with E-state index in [-0.39, 0.29) is 29.5 Å². The molecule has 34 heavy (non-hydrogen) atoms. The number of carbonyl (C=O) groups is 2. The minimum absolute atomic E-state index is 0.0552. The second kappa shape index (κ2) is 10.4. The van der Waals surface area contributed by atoms with Crippen LogP contribution in [-0.4, -0.2) is 53.8 Å². The van der Waals surface area contributed by atoms with E-state index >= 15 is 0 Å². The van der Waals surface area contributed by atoms with Crippen molar-refractivity contribution in [2.45, 2.75) is 96.7 Å². The van der Waals surface area contributed by atoms with Crippen molar-refractivity contribution in [1.29, 1.82) is 0 Å². The fourth-order valence-corrected chi connectivity index (χ4v) is 8.67. The third-order valence-corrected chi connectivity index (χ3v) is 10.4. The van der Waals surface area contributed by atoms with E-state index in [0.29, 0.717) is 43.6 Å². The molecule has 1 unspecified atom stereocenters. The Balaban J connectivity index is 1.60. The number of hydrogen-bond acceptors (Lipinski definition) is 6. The highest BCUT2D eigenvalue weighted by molar-refractivity contribution is 7.98. The lowest BCUT2D eigenvalue weighted by Crippen LogP contribution is -2.63. The van der Waals surface area contributed by atoms with Gasteiger partial charge in [-0.05, 0) is 80.4 Å². The van der Waals surface area contributed by atoms with E-state index in [2.05, 4.69) is 20.8 Å². The first-order chi connectivity index (χ1) is 16.2. The van der Waals surface area contributed by atoms with Crippen LogP contribution < -0.4 is 0 Å². The molecule has 0 spiro atoms. The maximum atomic E-state index is 13.8. The molecule has 6 heteroatoms. The number of aliphatic hydroxyl groups is 1. The number of hydrogen-bond donors (Lipinski definition) is 1. The molecule has 0 bridgehead atoms. The molecule has 4 aliphatic rings. The highest BCUT2D eigenvalue weighted by Crippen LogP contribution is 2.68. The van der Waals surface area contributed by atoms with E-state index < -0.39 is 17.1 Å². The summed E-state index contributed by atoms with van der Waals surface area (Å²) in [5.74, 6) is 1.59. The zero-order valence-corrected chi connectivity index (χ0v) is 22.4. The number of thioether (sulfide) groups is 1. The fraction of sp³-hybridized carbons (Fsp3) is 0.857. The quantitative estimate of drug-likeness (QED) is 0.328. The van der Waals surface area contributed by atoms with Gasteiger partial charge in [0.25, 0.3) is 0 Å². The van der Waals surface area contributed by atoms with Crippen molar-refractivity contribution in [3.8, 4) is 0 Å². The van der Waals surface area contributed by atoms with Crippen molar-refractivity contribution in [3.05, 3.63) is 11.6 Å². The Labute approximate surface area is 209 Å². The van der Waals surface area contributed by atoms with Gasteiger partial charge in [-0.15, -0.1) is 11.8 Å². The second-order valence-corrected chi connectivity index (χ2v) is 12.5. The summed E-state index contributed by atoms with van der Waals surface area (Å²) in [7, 11) is 0. The van der Waals surface area contributed by atoms with Crippen LogP contribution in [0.4, 0.5) is 0 Å². The lowest BCUT2D eigenvalue weighted by molar-refractivity contribution is -0.192. The molecule has 0 saturated heterocycles. The summed E-state index contributed by atoms with van der Waals surface area (Å²) in [6, 6.07) is 0. The predicted octanol–water partition coefficient (Wildman–Crippen LogP) is 5.34. The van der Waals surface area contributed by atoms with E-state index in [1.54, 1.807) is 11.8 Å². The Hall–Kier alpha value is -0.690. The van der Waals surface area contributed by atoms with Crippen LogP contribution in [0.15, 0.2) is 11.6 Å². The maximum Gasteiger partial charge on any atom is 0.190 e. The van der Waals surface area contributed by atoms with Gasteiger partial charge >= 0.3 is 0 Å². The van der Waals surface area contributed by atoms with Crippen molar-refractivity contribution in [2.75, 3.05) is 25.4 Å².